The summed E-state index contributed by atoms with van der Waals surface area (Å²) in [5.41, 5.74) is 14.8. The highest BCUT2D eigenvalue weighted by Crippen LogP contribution is 2.26. The molecule has 90 valence electrons. The number of aromatic nitrogens is 3. The monoisotopic (exact) mass is 239 g/mol. The average molecular weight is 239 g/mol. The number of hydrogen-bond donors (Lipinski definition) is 2. The van der Waals surface area contributed by atoms with E-state index in [0.29, 0.717) is 17.2 Å². The third kappa shape index (κ3) is 1.48. The zero-order chi connectivity index (χ0) is 12.7. The number of benzene rings is 1. The molecular weight excluding hydrogens is 226 g/mol. The summed E-state index contributed by atoms with van der Waals surface area (Å²) in [6.45, 7) is 1.91. The van der Waals surface area contributed by atoms with Gasteiger partial charge in [0.1, 0.15) is 5.82 Å². The highest BCUT2D eigenvalue weighted by atomic mass is 15.3. The molecule has 18 heavy (non-hydrogen) atoms. The summed E-state index contributed by atoms with van der Waals surface area (Å²) in [5, 5.41) is 5.34. The highest BCUT2D eigenvalue weighted by Gasteiger charge is 2.13. The molecular formula is C13H13N5. The standard InChI is InChI=1S/C13H13N5/c1-8-12-10(14)7-11(15)16-13(12)18(17-8)9-5-3-2-4-6-9/h2-7H,1H3,(H4,14,15,16). The minimum atomic E-state index is 0.400. The molecule has 0 unspecified atom stereocenters. The number of pyridine rings is 1. The Morgan fingerprint density at radius 2 is 1.83 bits per heavy atom. The van der Waals surface area contributed by atoms with Crippen LogP contribution in [0.4, 0.5) is 11.5 Å². The van der Waals surface area contributed by atoms with Gasteiger partial charge in [0.2, 0.25) is 0 Å². The van der Waals surface area contributed by atoms with Gasteiger partial charge in [-0.1, -0.05) is 18.2 Å². The van der Waals surface area contributed by atoms with Crippen LogP contribution in [0.5, 0.6) is 0 Å². The summed E-state index contributed by atoms with van der Waals surface area (Å²) in [6, 6.07) is 11.5. The van der Waals surface area contributed by atoms with Crippen molar-refractivity contribution in [3.05, 3.63) is 42.1 Å². The summed E-state index contributed by atoms with van der Waals surface area (Å²) in [7, 11) is 0. The van der Waals surface area contributed by atoms with Gasteiger partial charge in [0.05, 0.1) is 16.8 Å². The normalized spacial score (nSPS) is 10.9. The van der Waals surface area contributed by atoms with Crippen molar-refractivity contribution < 1.29 is 0 Å². The van der Waals surface area contributed by atoms with Crippen LogP contribution in [0.1, 0.15) is 5.69 Å². The lowest BCUT2D eigenvalue weighted by molar-refractivity contribution is 0.878. The summed E-state index contributed by atoms with van der Waals surface area (Å²) < 4.78 is 1.76. The fraction of sp³-hybridized carbons (Fsp3) is 0.0769. The van der Waals surface area contributed by atoms with E-state index in [4.69, 9.17) is 11.5 Å². The van der Waals surface area contributed by atoms with Crippen LogP contribution in [0.25, 0.3) is 16.7 Å². The van der Waals surface area contributed by atoms with E-state index < -0.39 is 0 Å². The number of hydrogen-bond acceptors (Lipinski definition) is 4. The van der Waals surface area contributed by atoms with Crippen LogP contribution in [0.15, 0.2) is 36.4 Å². The molecule has 4 N–H and O–H groups in total. The zero-order valence-electron chi connectivity index (χ0n) is 9.96. The number of nitrogens with zero attached hydrogens (tertiary/aromatic N) is 3. The number of nitrogen functional groups attached to an aromatic ring is 2. The van der Waals surface area contributed by atoms with E-state index in [0.717, 1.165) is 16.8 Å². The molecule has 0 aliphatic rings. The number of para-hydroxylation sites is 1. The van der Waals surface area contributed by atoms with Crippen LogP contribution in [-0.4, -0.2) is 14.8 Å². The summed E-state index contributed by atoms with van der Waals surface area (Å²) in [5.74, 6) is 0.400. The molecule has 2 aromatic heterocycles. The molecule has 0 aliphatic carbocycles. The van der Waals surface area contributed by atoms with Crippen LogP contribution in [0, 0.1) is 6.92 Å². The van der Waals surface area contributed by atoms with Crippen LogP contribution in [-0.2, 0) is 0 Å². The van der Waals surface area contributed by atoms with E-state index in [2.05, 4.69) is 10.1 Å². The zero-order valence-corrected chi connectivity index (χ0v) is 9.96. The van der Waals surface area contributed by atoms with Crippen molar-refractivity contribution in [3.8, 4) is 5.69 Å². The second-order valence-corrected chi connectivity index (χ2v) is 4.17. The lowest BCUT2D eigenvalue weighted by Crippen LogP contribution is -2.00. The van der Waals surface area contributed by atoms with Gasteiger partial charge in [-0.15, -0.1) is 0 Å². The number of nitrogens with two attached hydrogens (primary N) is 2. The summed E-state index contributed by atoms with van der Waals surface area (Å²) >= 11 is 0. The molecule has 3 rings (SSSR count). The number of anilines is 2. The van der Waals surface area contributed by atoms with Gasteiger partial charge in [-0.3, -0.25) is 0 Å². The minimum absolute atomic E-state index is 0.400. The quantitative estimate of drug-likeness (QED) is 0.679. The molecule has 0 aliphatic heterocycles. The second kappa shape index (κ2) is 3.73. The number of rotatable bonds is 1. The molecule has 5 heteroatoms. The molecule has 0 fully saturated rings. The van der Waals surface area contributed by atoms with Crippen molar-refractivity contribution in [1.82, 2.24) is 14.8 Å². The molecule has 0 amide bonds. The van der Waals surface area contributed by atoms with E-state index in [1.54, 1.807) is 10.7 Å². The molecule has 0 saturated carbocycles. The van der Waals surface area contributed by atoms with Crippen molar-refractivity contribution in [3.63, 3.8) is 0 Å². The maximum absolute atomic E-state index is 5.98. The second-order valence-electron chi connectivity index (χ2n) is 4.17. The maximum atomic E-state index is 5.98. The minimum Gasteiger partial charge on any atom is -0.398 e. The lowest BCUT2D eigenvalue weighted by atomic mass is 10.2. The Balaban J connectivity index is 2.38. The van der Waals surface area contributed by atoms with Gasteiger partial charge in [-0.25, -0.2) is 9.67 Å². The lowest BCUT2D eigenvalue weighted by Gasteiger charge is -2.03. The van der Waals surface area contributed by atoms with Gasteiger partial charge in [0.15, 0.2) is 5.65 Å². The molecule has 0 bridgehead atoms. The van der Waals surface area contributed by atoms with Crippen molar-refractivity contribution in [1.29, 1.82) is 0 Å². The smallest absolute Gasteiger partial charge is 0.167 e. The van der Waals surface area contributed by atoms with Crippen LogP contribution < -0.4 is 11.5 Å². The van der Waals surface area contributed by atoms with Crippen molar-refractivity contribution >= 4 is 22.5 Å². The van der Waals surface area contributed by atoms with Crippen LogP contribution in [0.3, 0.4) is 0 Å². The SMILES string of the molecule is Cc1nn(-c2ccccc2)c2nc(N)cc(N)c12. The predicted molar refractivity (Wildman–Crippen MR) is 72.4 cm³/mol. The van der Waals surface area contributed by atoms with Gasteiger partial charge in [0.25, 0.3) is 0 Å². The Bertz CT molecular complexity index is 715. The fourth-order valence-electron chi connectivity index (χ4n) is 2.09. The van der Waals surface area contributed by atoms with E-state index in [-0.39, 0.29) is 0 Å². The van der Waals surface area contributed by atoms with Gasteiger partial charge < -0.3 is 11.5 Å². The molecule has 0 radical (unpaired) electrons. The highest BCUT2D eigenvalue weighted by molar-refractivity contribution is 5.92. The first kappa shape index (κ1) is 10.6. The Kier molecular flexibility index (Phi) is 2.19. The first-order valence-electron chi connectivity index (χ1n) is 5.63. The molecule has 3 aromatic rings. The Hall–Kier alpha value is -2.56. The number of aryl methyl sites for hydroxylation is 1. The van der Waals surface area contributed by atoms with Gasteiger partial charge in [0, 0.05) is 11.8 Å². The Morgan fingerprint density at radius 1 is 1.11 bits per heavy atom. The van der Waals surface area contributed by atoms with Crippen molar-refractivity contribution in [2.45, 2.75) is 6.92 Å². The Labute approximate surface area is 104 Å². The van der Waals surface area contributed by atoms with E-state index in [9.17, 15) is 0 Å². The molecule has 2 heterocycles. The first-order valence-corrected chi connectivity index (χ1v) is 5.63. The summed E-state index contributed by atoms with van der Waals surface area (Å²) in [4.78, 5) is 4.33. The van der Waals surface area contributed by atoms with E-state index in [1.165, 1.54) is 0 Å². The van der Waals surface area contributed by atoms with Crippen molar-refractivity contribution in [2.24, 2.45) is 0 Å². The molecule has 5 nitrogen and oxygen atoms in total. The average Bonchev–Trinajstić information content (AvgIpc) is 2.67. The van der Waals surface area contributed by atoms with Gasteiger partial charge in [-0.2, -0.15) is 5.10 Å². The molecule has 0 atom stereocenters. The fourth-order valence-corrected chi connectivity index (χ4v) is 2.09. The first-order chi connectivity index (χ1) is 8.66. The van der Waals surface area contributed by atoms with Crippen LogP contribution in [0.2, 0.25) is 0 Å². The largest absolute Gasteiger partial charge is 0.398 e. The van der Waals surface area contributed by atoms with E-state index in [1.807, 2.05) is 37.3 Å². The van der Waals surface area contributed by atoms with Gasteiger partial charge in [-0.05, 0) is 19.1 Å². The number of fused-ring (bicyclic) bond motifs is 1. The maximum Gasteiger partial charge on any atom is 0.167 e. The third-order valence-corrected chi connectivity index (χ3v) is 2.86. The Morgan fingerprint density at radius 3 is 2.56 bits per heavy atom. The molecule has 0 saturated heterocycles. The topological polar surface area (TPSA) is 82.8 Å². The van der Waals surface area contributed by atoms with Crippen molar-refractivity contribution in [2.75, 3.05) is 11.5 Å². The molecule has 0 spiro atoms. The summed E-state index contributed by atoms with van der Waals surface area (Å²) in [6.07, 6.45) is 0. The van der Waals surface area contributed by atoms with E-state index >= 15 is 0 Å². The third-order valence-electron chi connectivity index (χ3n) is 2.86. The predicted octanol–water partition coefficient (Wildman–Crippen LogP) is 1.89. The van der Waals surface area contributed by atoms with Gasteiger partial charge >= 0.3 is 0 Å². The molecule has 1 aromatic carbocycles. The van der Waals surface area contributed by atoms with Crippen LogP contribution >= 0.6 is 0 Å².